The number of hydrogen-bond donors (Lipinski definition) is 2. The van der Waals surface area contributed by atoms with Gasteiger partial charge >= 0.3 is 0 Å². The monoisotopic (exact) mass is 342 g/mol. The van der Waals surface area contributed by atoms with E-state index in [1.807, 2.05) is 0 Å². The smallest absolute Gasteiger partial charge is 0.251 e. The molecule has 1 aromatic carbocycles. The van der Waals surface area contributed by atoms with E-state index in [9.17, 15) is 9.18 Å². The van der Waals surface area contributed by atoms with Crippen LogP contribution in [-0.2, 0) is 0 Å². The van der Waals surface area contributed by atoms with Crippen LogP contribution in [0.2, 0.25) is 0 Å². The molecule has 1 atom stereocenters. The first-order valence-electron chi connectivity index (χ1n) is 6.87. The van der Waals surface area contributed by atoms with Crippen LogP contribution in [0.5, 0.6) is 0 Å². The largest absolute Gasteiger partial charge is 0.350 e. The van der Waals surface area contributed by atoms with Crippen molar-refractivity contribution in [3.05, 3.63) is 34.1 Å². The molecule has 1 unspecified atom stereocenters. The van der Waals surface area contributed by atoms with E-state index >= 15 is 0 Å². The number of benzene rings is 1. The zero-order valence-corrected chi connectivity index (χ0v) is 13.4. The van der Waals surface area contributed by atoms with Crippen LogP contribution in [0.25, 0.3) is 0 Å². The maximum absolute atomic E-state index is 13.2. The summed E-state index contributed by atoms with van der Waals surface area (Å²) in [7, 11) is 0. The second-order valence-corrected chi connectivity index (χ2v) is 6.79. The number of carbonyl (C=O) groups is 1. The Morgan fingerprint density at radius 2 is 2.30 bits per heavy atom. The summed E-state index contributed by atoms with van der Waals surface area (Å²) in [5.41, 5.74) is 0.640. The van der Waals surface area contributed by atoms with Crippen molar-refractivity contribution in [1.82, 2.24) is 10.6 Å². The van der Waals surface area contributed by atoms with Crippen LogP contribution in [-0.4, -0.2) is 25.0 Å². The summed E-state index contributed by atoms with van der Waals surface area (Å²) in [5, 5.41) is 6.38. The summed E-state index contributed by atoms with van der Waals surface area (Å²) >= 11 is 3.09. The molecule has 0 spiro atoms. The lowest BCUT2D eigenvalue weighted by atomic mass is 9.77. The lowest BCUT2D eigenvalue weighted by Crippen LogP contribution is -2.52. The van der Waals surface area contributed by atoms with Crippen LogP contribution in [0.15, 0.2) is 22.7 Å². The number of amides is 1. The maximum Gasteiger partial charge on any atom is 0.251 e. The van der Waals surface area contributed by atoms with Crippen molar-refractivity contribution in [1.29, 1.82) is 0 Å². The van der Waals surface area contributed by atoms with E-state index in [-0.39, 0.29) is 23.2 Å². The summed E-state index contributed by atoms with van der Waals surface area (Å²) < 4.78 is 13.5. The van der Waals surface area contributed by atoms with Gasteiger partial charge in [0.15, 0.2) is 0 Å². The van der Waals surface area contributed by atoms with E-state index in [2.05, 4.69) is 40.4 Å². The Hall–Kier alpha value is -0.940. The van der Waals surface area contributed by atoms with E-state index in [0.717, 1.165) is 13.0 Å². The van der Waals surface area contributed by atoms with Crippen molar-refractivity contribution in [2.24, 2.45) is 5.41 Å². The highest BCUT2D eigenvalue weighted by molar-refractivity contribution is 9.10. The fraction of sp³-hybridized carbons (Fsp3) is 0.533. The Morgan fingerprint density at radius 3 is 2.95 bits per heavy atom. The van der Waals surface area contributed by atoms with E-state index in [1.54, 1.807) is 0 Å². The van der Waals surface area contributed by atoms with Gasteiger partial charge in [0.25, 0.3) is 5.91 Å². The van der Waals surface area contributed by atoms with Crippen molar-refractivity contribution in [2.45, 2.75) is 32.7 Å². The molecular formula is C15H20BrFN2O. The van der Waals surface area contributed by atoms with Gasteiger partial charge in [-0.05, 0) is 58.9 Å². The van der Waals surface area contributed by atoms with Gasteiger partial charge in [0, 0.05) is 18.2 Å². The molecule has 0 radical (unpaired) electrons. The van der Waals surface area contributed by atoms with Gasteiger partial charge in [-0.1, -0.05) is 13.8 Å². The highest BCUT2D eigenvalue weighted by atomic mass is 79.9. The average molecular weight is 343 g/mol. The Bertz CT molecular complexity index is 505. The van der Waals surface area contributed by atoms with Crippen molar-refractivity contribution in [2.75, 3.05) is 13.1 Å². The fourth-order valence-electron chi connectivity index (χ4n) is 2.55. The molecule has 1 amide bonds. The third kappa shape index (κ3) is 3.58. The van der Waals surface area contributed by atoms with Gasteiger partial charge in [-0.25, -0.2) is 4.39 Å². The SMILES string of the molecule is CC1(C)CCCNC1CNC(=O)c1ccc(F)c(Br)c1. The van der Waals surface area contributed by atoms with Crippen molar-refractivity contribution in [3.63, 3.8) is 0 Å². The van der Waals surface area contributed by atoms with Crippen molar-refractivity contribution in [3.8, 4) is 0 Å². The molecule has 0 saturated carbocycles. The van der Waals surface area contributed by atoms with Crippen LogP contribution in [0.1, 0.15) is 37.0 Å². The van der Waals surface area contributed by atoms with Gasteiger partial charge in [0.2, 0.25) is 0 Å². The second-order valence-electron chi connectivity index (χ2n) is 5.94. The molecule has 0 aliphatic carbocycles. The summed E-state index contributed by atoms with van der Waals surface area (Å²) in [6.07, 6.45) is 2.32. The lowest BCUT2D eigenvalue weighted by Gasteiger charge is -2.39. The van der Waals surface area contributed by atoms with Crippen LogP contribution in [0.3, 0.4) is 0 Å². The molecule has 0 bridgehead atoms. The predicted octanol–water partition coefficient (Wildman–Crippen LogP) is 3.10. The molecule has 1 aromatic rings. The van der Waals surface area contributed by atoms with Crippen molar-refractivity contribution >= 4 is 21.8 Å². The molecule has 20 heavy (non-hydrogen) atoms. The van der Waals surface area contributed by atoms with Crippen LogP contribution < -0.4 is 10.6 Å². The first-order valence-corrected chi connectivity index (χ1v) is 7.66. The normalized spacial score (nSPS) is 21.5. The number of nitrogens with one attached hydrogen (secondary N) is 2. The standard InChI is InChI=1S/C15H20BrFN2O/c1-15(2)6-3-7-18-13(15)9-19-14(20)10-4-5-12(17)11(16)8-10/h4-5,8,13,18H,3,6-7,9H2,1-2H3,(H,19,20). The molecule has 3 nitrogen and oxygen atoms in total. The highest BCUT2D eigenvalue weighted by Crippen LogP contribution is 2.29. The first kappa shape index (κ1) is 15.4. The zero-order chi connectivity index (χ0) is 14.8. The van der Waals surface area contributed by atoms with E-state index in [1.165, 1.54) is 24.6 Å². The minimum absolute atomic E-state index is 0.172. The van der Waals surface area contributed by atoms with Crippen LogP contribution in [0.4, 0.5) is 4.39 Å². The molecule has 1 aliphatic heterocycles. The molecule has 2 N–H and O–H groups in total. The van der Waals surface area contributed by atoms with Crippen molar-refractivity contribution < 1.29 is 9.18 Å². The fourth-order valence-corrected chi connectivity index (χ4v) is 2.93. The Labute approximate surface area is 127 Å². The van der Waals surface area contributed by atoms with Crippen LogP contribution in [0, 0.1) is 11.2 Å². The zero-order valence-electron chi connectivity index (χ0n) is 11.8. The number of halogens is 2. The maximum atomic E-state index is 13.2. The molecule has 1 aliphatic rings. The molecule has 0 aromatic heterocycles. The van der Waals surface area contributed by atoms with Gasteiger partial charge < -0.3 is 10.6 Å². The minimum Gasteiger partial charge on any atom is -0.350 e. The molecule has 1 saturated heterocycles. The van der Waals surface area contributed by atoms with Gasteiger partial charge in [0.1, 0.15) is 5.82 Å². The average Bonchev–Trinajstić information content (AvgIpc) is 2.40. The van der Waals surface area contributed by atoms with E-state index < -0.39 is 0 Å². The van der Waals surface area contributed by atoms with E-state index in [4.69, 9.17) is 0 Å². The van der Waals surface area contributed by atoms with Crippen LogP contribution >= 0.6 is 15.9 Å². The highest BCUT2D eigenvalue weighted by Gasteiger charge is 2.31. The molecule has 110 valence electrons. The summed E-state index contributed by atoms with van der Waals surface area (Å²) in [5.74, 6) is -0.537. The third-order valence-corrected chi connectivity index (χ3v) is 4.59. The number of piperidine rings is 1. The molecule has 5 heteroatoms. The van der Waals surface area contributed by atoms with E-state index in [0.29, 0.717) is 16.6 Å². The number of hydrogen-bond acceptors (Lipinski definition) is 2. The molecule has 2 rings (SSSR count). The predicted molar refractivity (Wildman–Crippen MR) is 81.2 cm³/mol. The Morgan fingerprint density at radius 1 is 1.55 bits per heavy atom. The van der Waals surface area contributed by atoms with Gasteiger partial charge in [-0.3, -0.25) is 4.79 Å². The third-order valence-electron chi connectivity index (χ3n) is 3.98. The topological polar surface area (TPSA) is 41.1 Å². The first-order chi connectivity index (χ1) is 9.40. The molecular weight excluding hydrogens is 323 g/mol. The molecule has 1 heterocycles. The second kappa shape index (κ2) is 6.22. The quantitative estimate of drug-likeness (QED) is 0.886. The van der Waals surface area contributed by atoms with Gasteiger partial charge in [-0.2, -0.15) is 0 Å². The number of rotatable bonds is 3. The summed E-state index contributed by atoms with van der Waals surface area (Å²) in [6.45, 7) is 6.00. The Kier molecular flexibility index (Phi) is 4.81. The summed E-state index contributed by atoms with van der Waals surface area (Å²) in [6, 6.07) is 4.56. The summed E-state index contributed by atoms with van der Waals surface area (Å²) in [4.78, 5) is 12.1. The number of carbonyl (C=O) groups excluding carboxylic acids is 1. The Balaban J connectivity index is 1.96. The van der Waals surface area contributed by atoms with Gasteiger partial charge in [-0.15, -0.1) is 0 Å². The molecule has 1 fully saturated rings. The minimum atomic E-state index is -0.364. The lowest BCUT2D eigenvalue weighted by molar-refractivity contribution is 0.0928. The van der Waals surface area contributed by atoms with Gasteiger partial charge in [0.05, 0.1) is 4.47 Å².